The fourth-order valence-corrected chi connectivity index (χ4v) is 2.95. The van der Waals surface area contributed by atoms with Crippen LogP contribution in [0.4, 0.5) is 0 Å². The van der Waals surface area contributed by atoms with Crippen molar-refractivity contribution in [1.29, 1.82) is 0 Å². The molecule has 0 radical (unpaired) electrons. The largest absolute Gasteiger partial charge is 0.496 e. The number of benzene rings is 1. The zero-order valence-corrected chi connectivity index (χ0v) is 14.9. The summed E-state index contributed by atoms with van der Waals surface area (Å²) in [6, 6.07) is 3.79. The van der Waals surface area contributed by atoms with Gasteiger partial charge in [0.2, 0.25) is 0 Å². The smallest absolute Gasteiger partial charge is 0.323 e. The second kappa shape index (κ2) is 6.43. The van der Waals surface area contributed by atoms with Crippen LogP contribution < -0.4 is 10.4 Å². The Balaban J connectivity index is 0.000000880. The van der Waals surface area contributed by atoms with Gasteiger partial charge in [0.05, 0.1) is 41.1 Å². The number of aryl methyl sites for hydroxylation is 2. The first-order chi connectivity index (χ1) is 12.1. The number of aromatic nitrogens is 4. The average molecular weight is 340 g/mol. The summed E-state index contributed by atoms with van der Waals surface area (Å²) in [5.74, 6) is 1.39. The molecule has 0 aliphatic heterocycles. The predicted molar refractivity (Wildman–Crippen MR) is 97.1 cm³/mol. The first-order valence-corrected chi connectivity index (χ1v) is 8.10. The molecule has 3 heterocycles. The van der Waals surface area contributed by atoms with Gasteiger partial charge in [0.1, 0.15) is 11.5 Å². The predicted octanol–water partition coefficient (Wildman–Crippen LogP) is 3.71. The lowest BCUT2D eigenvalue weighted by Gasteiger charge is -2.10. The highest BCUT2D eigenvalue weighted by Gasteiger charge is 2.18. The van der Waals surface area contributed by atoms with Gasteiger partial charge >= 0.3 is 5.69 Å². The van der Waals surface area contributed by atoms with E-state index in [1.165, 1.54) is 0 Å². The number of ether oxygens (including phenoxy) is 1. The molecule has 0 spiro atoms. The molecule has 0 aliphatic rings. The Morgan fingerprint density at radius 3 is 2.56 bits per heavy atom. The van der Waals surface area contributed by atoms with Gasteiger partial charge in [-0.2, -0.15) is 0 Å². The number of H-pyrrole nitrogens is 2. The number of aromatic amines is 2. The number of imidazole rings is 1. The molecular formula is C18H20N4O3. The third kappa shape index (κ3) is 2.67. The minimum atomic E-state index is -0.261. The van der Waals surface area contributed by atoms with Crippen LogP contribution in [0.1, 0.15) is 25.3 Å². The van der Waals surface area contributed by atoms with Gasteiger partial charge < -0.3 is 19.2 Å². The van der Waals surface area contributed by atoms with Crippen molar-refractivity contribution in [3.8, 4) is 16.9 Å². The Morgan fingerprint density at radius 1 is 1.16 bits per heavy atom. The summed E-state index contributed by atoms with van der Waals surface area (Å²) in [7, 11) is 1.61. The number of rotatable bonds is 2. The summed E-state index contributed by atoms with van der Waals surface area (Å²) in [5.41, 5.74) is 4.41. The Kier molecular flexibility index (Phi) is 4.31. The summed E-state index contributed by atoms with van der Waals surface area (Å²) in [4.78, 5) is 21.5. The lowest BCUT2D eigenvalue weighted by atomic mass is 10.0. The summed E-state index contributed by atoms with van der Waals surface area (Å²) >= 11 is 0. The molecule has 4 aromatic rings. The number of nitrogens with one attached hydrogen (secondary N) is 2. The molecule has 2 N–H and O–H groups in total. The topological polar surface area (TPSA) is 96.8 Å². The highest BCUT2D eigenvalue weighted by molar-refractivity contribution is 6.04. The molecule has 0 unspecified atom stereocenters. The van der Waals surface area contributed by atoms with Crippen LogP contribution in [0.3, 0.4) is 0 Å². The molecule has 0 atom stereocenters. The molecule has 25 heavy (non-hydrogen) atoms. The third-order valence-electron chi connectivity index (χ3n) is 3.98. The normalized spacial score (nSPS) is 10.8. The number of nitrogens with zero attached hydrogens (tertiary/aromatic N) is 2. The standard InChI is InChI=1S/C16H14N4O3.C2H6/c1-7-14(8(2)23-20-7)10-4-11-9(5-13(10)22-3)15-12(6-17-11)18-16(21)19-15;1-2/h4-6H,1-3H3,(H2,18,19,21);1-2H3. The van der Waals surface area contributed by atoms with E-state index < -0.39 is 0 Å². The molecule has 3 aromatic heterocycles. The quantitative estimate of drug-likeness (QED) is 0.580. The molecule has 130 valence electrons. The number of hydrogen-bond acceptors (Lipinski definition) is 5. The van der Waals surface area contributed by atoms with E-state index in [-0.39, 0.29) is 5.69 Å². The highest BCUT2D eigenvalue weighted by Crippen LogP contribution is 2.38. The van der Waals surface area contributed by atoms with Crippen molar-refractivity contribution < 1.29 is 9.26 Å². The molecule has 1 aromatic carbocycles. The first kappa shape index (κ1) is 16.8. The van der Waals surface area contributed by atoms with Crippen LogP contribution in [0.15, 0.2) is 27.6 Å². The van der Waals surface area contributed by atoms with E-state index in [0.29, 0.717) is 16.8 Å². The number of methoxy groups -OCH3 is 1. The third-order valence-corrected chi connectivity index (χ3v) is 3.98. The Bertz CT molecular complexity index is 1090. The van der Waals surface area contributed by atoms with Crippen LogP contribution in [0, 0.1) is 13.8 Å². The van der Waals surface area contributed by atoms with Crippen LogP contribution in [0.25, 0.3) is 33.1 Å². The number of pyridine rings is 1. The minimum Gasteiger partial charge on any atom is -0.496 e. The van der Waals surface area contributed by atoms with E-state index in [4.69, 9.17) is 9.26 Å². The molecule has 0 fully saturated rings. The van der Waals surface area contributed by atoms with Gasteiger partial charge in [0.25, 0.3) is 0 Å². The van der Waals surface area contributed by atoms with Crippen LogP contribution in [-0.2, 0) is 0 Å². The van der Waals surface area contributed by atoms with Crippen molar-refractivity contribution in [1.82, 2.24) is 20.1 Å². The fraction of sp³-hybridized carbons (Fsp3) is 0.278. The van der Waals surface area contributed by atoms with Gasteiger partial charge in [-0.25, -0.2) is 4.79 Å². The maximum Gasteiger partial charge on any atom is 0.323 e. The average Bonchev–Trinajstić information content (AvgIpc) is 3.17. The number of hydrogen-bond donors (Lipinski definition) is 2. The lowest BCUT2D eigenvalue weighted by molar-refractivity contribution is 0.393. The molecule has 4 rings (SSSR count). The van der Waals surface area contributed by atoms with Crippen molar-refractivity contribution in [3.63, 3.8) is 0 Å². The van der Waals surface area contributed by atoms with Crippen molar-refractivity contribution in [2.45, 2.75) is 27.7 Å². The van der Waals surface area contributed by atoms with Gasteiger partial charge in [-0.3, -0.25) is 4.98 Å². The Labute approximate surface area is 144 Å². The van der Waals surface area contributed by atoms with Crippen LogP contribution in [0.2, 0.25) is 0 Å². The second-order valence-electron chi connectivity index (χ2n) is 5.39. The van der Waals surface area contributed by atoms with Gasteiger partial charge in [0.15, 0.2) is 0 Å². The van der Waals surface area contributed by atoms with Crippen LogP contribution in [0.5, 0.6) is 5.75 Å². The van der Waals surface area contributed by atoms with E-state index in [1.54, 1.807) is 13.3 Å². The van der Waals surface area contributed by atoms with E-state index in [2.05, 4.69) is 20.1 Å². The molecule has 0 aliphatic carbocycles. The lowest BCUT2D eigenvalue weighted by Crippen LogP contribution is -1.99. The maximum absolute atomic E-state index is 11.5. The Morgan fingerprint density at radius 2 is 1.92 bits per heavy atom. The van der Waals surface area contributed by atoms with Crippen molar-refractivity contribution >= 4 is 21.9 Å². The zero-order chi connectivity index (χ0) is 18.1. The minimum absolute atomic E-state index is 0.261. The van der Waals surface area contributed by atoms with Crippen molar-refractivity contribution in [2.24, 2.45) is 0 Å². The molecule has 7 nitrogen and oxygen atoms in total. The van der Waals surface area contributed by atoms with Crippen molar-refractivity contribution in [2.75, 3.05) is 7.11 Å². The van der Waals surface area contributed by atoms with Crippen LogP contribution in [-0.4, -0.2) is 27.2 Å². The summed E-state index contributed by atoms with van der Waals surface area (Å²) in [6.45, 7) is 7.75. The molecular weight excluding hydrogens is 320 g/mol. The number of fused-ring (bicyclic) bond motifs is 3. The monoisotopic (exact) mass is 340 g/mol. The summed E-state index contributed by atoms with van der Waals surface area (Å²) in [5, 5.41) is 4.81. The molecule has 0 bridgehead atoms. The van der Waals surface area contributed by atoms with Gasteiger partial charge in [0, 0.05) is 10.9 Å². The maximum atomic E-state index is 11.5. The first-order valence-electron chi connectivity index (χ1n) is 8.10. The molecule has 7 heteroatoms. The Hall–Kier alpha value is -3.09. The highest BCUT2D eigenvalue weighted by atomic mass is 16.5. The van der Waals surface area contributed by atoms with Crippen LogP contribution >= 0.6 is 0 Å². The van der Waals surface area contributed by atoms with E-state index in [9.17, 15) is 4.79 Å². The molecule has 0 amide bonds. The SMILES string of the molecule is CC.COc1cc2c(cc1-c1c(C)noc1C)ncc1[nH]c(=O)[nH]c12. The summed E-state index contributed by atoms with van der Waals surface area (Å²) in [6.07, 6.45) is 1.64. The molecule has 0 saturated carbocycles. The second-order valence-corrected chi connectivity index (χ2v) is 5.39. The van der Waals surface area contributed by atoms with Crippen molar-refractivity contribution in [3.05, 3.63) is 40.3 Å². The molecule has 0 saturated heterocycles. The van der Waals surface area contributed by atoms with E-state index in [1.807, 2.05) is 39.8 Å². The van der Waals surface area contributed by atoms with E-state index >= 15 is 0 Å². The van der Waals surface area contributed by atoms with E-state index in [0.717, 1.165) is 33.5 Å². The van der Waals surface area contributed by atoms with Gasteiger partial charge in [-0.15, -0.1) is 0 Å². The van der Waals surface area contributed by atoms with Gasteiger partial charge in [-0.1, -0.05) is 19.0 Å². The van der Waals surface area contributed by atoms with Gasteiger partial charge in [-0.05, 0) is 26.0 Å². The fourth-order valence-electron chi connectivity index (χ4n) is 2.95. The summed E-state index contributed by atoms with van der Waals surface area (Å²) < 4.78 is 10.8. The zero-order valence-electron chi connectivity index (χ0n) is 14.9.